The lowest BCUT2D eigenvalue weighted by atomic mass is 10.2. The number of aromatic nitrogens is 5. The smallest absolute Gasteiger partial charge is 0.266 e. The Hall–Kier alpha value is -3.59. The minimum atomic E-state index is -0.217. The monoisotopic (exact) mass is 487 g/mol. The van der Waals surface area contributed by atoms with Crippen molar-refractivity contribution in [3.8, 4) is 27.6 Å². The van der Waals surface area contributed by atoms with Crippen LogP contribution in [0.2, 0.25) is 5.02 Å². The summed E-state index contributed by atoms with van der Waals surface area (Å²) in [6.07, 6.45) is 3.80. The molecule has 0 spiro atoms. The standard InChI is InChI=1S/C24H14ClN5OS2/c25-18-10-5-4-9-17(18)22-26-24-30(28-22)23(31)20(33-24)13-15-14-29(16-7-2-1-3-8-16)27-21(15)19-11-6-12-32-19/h1-14H. The van der Waals surface area contributed by atoms with E-state index in [2.05, 4.69) is 10.1 Å². The van der Waals surface area contributed by atoms with Crippen LogP contribution in [0.15, 0.2) is 83.1 Å². The Morgan fingerprint density at radius 1 is 0.939 bits per heavy atom. The third-order valence-corrected chi connectivity index (χ3v) is 7.27. The van der Waals surface area contributed by atoms with Gasteiger partial charge >= 0.3 is 0 Å². The Morgan fingerprint density at radius 2 is 1.76 bits per heavy atom. The quantitative estimate of drug-likeness (QED) is 0.353. The second kappa shape index (κ2) is 8.08. The van der Waals surface area contributed by atoms with Crippen molar-refractivity contribution in [3.63, 3.8) is 0 Å². The molecule has 6 nitrogen and oxygen atoms in total. The van der Waals surface area contributed by atoms with Crippen LogP contribution in [-0.4, -0.2) is 24.4 Å². The first-order chi connectivity index (χ1) is 16.2. The summed E-state index contributed by atoms with van der Waals surface area (Å²) in [5.41, 5.74) is 3.11. The lowest BCUT2D eigenvalue weighted by Crippen LogP contribution is -2.23. The molecule has 2 aromatic carbocycles. The van der Waals surface area contributed by atoms with Crippen molar-refractivity contribution in [2.24, 2.45) is 0 Å². The zero-order valence-corrected chi connectivity index (χ0v) is 19.3. The average molecular weight is 488 g/mol. The fourth-order valence-electron chi connectivity index (χ4n) is 3.54. The summed E-state index contributed by atoms with van der Waals surface area (Å²) in [5, 5.41) is 11.8. The van der Waals surface area contributed by atoms with E-state index in [1.54, 1.807) is 17.4 Å². The van der Waals surface area contributed by atoms with E-state index in [1.165, 1.54) is 15.9 Å². The van der Waals surface area contributed by atoms with E-state index < -0.39 is 0 Å². The first-order valence-electron chi connectivity index (χ1n) is 10.0. The molecule has 0 saturated carbocycles. The molecule has 0 aliphatic carbocycles. The van der Waals surface area contributed by atoms with Crippen molar-refractivity contribution in [3.05, 3.63) is 104 Å². The van der Waals surface area contributed by atoms with Gasteiger partial charge in [-0.25, -0.2) is 4.68 Å². The molecule has 0 aliphatic rings. The Bertz CT molecular complexity index is 1700. The molecule has 0 fully saturated rings. The van der Waals surface area contributed by atoms with E-state index in [4.69, 9.17) is 16.7 Å². The number of halogens is 1. The normalized spacial score (nSPS) is 12.1. The largest absolute Gasteiger partial charge is 0.291 e. The van der Waals surface area contributed by atoms with Gasteiger partial charge in [0.05, 0.1) is 20.1 Å². The first-order valence-corrected chi connectivity index (χ1v) is 12.1. The highest BCUT2D eigenvalue weighted by atomic mass is 35.5. The molecule has 9 heteroatoms. The molecule has 4 aromatic heterocycles. The summed E-state index contributed by atoms with van der Waals surface area (Å²) < 4.78 is 3.71. The van der Waals surface area contributed by atoms with Crippen molar-refractivity contribution in [1.82, 2.24) is 24.4 Å². The van der Waals surface area contributed by atoms with Crippen LogP contribution in [-0.2, 0) is 0 Å². The van der Waals surface area contributed by atoms with Crippen molar-refractivity contribution in [1.29, 1.82) is 0 Å². The van der Waals surface area contributed by atoms with Gasteiger partial charge in [-0.15, -0.1) is 16.4 Å². The molecular weight excluding hydrogens is 474 g/mol. The van der Waals surface area contributed by atoms with E-state index in [-0.39, 0.29) is 5.56 Å². The van der Waals surface area contributed by atoms with Crippen molar-refractivity contribution in [2.45, 2.75) is 0 Å². The zero-order valence-electron chi connectivity index (χ0n) is 16.9. The molecule has 0 amide bonds. The van der Waals surface area contributed by atoms with Crippen LogP contribution in [0.3, 0.4) is 0 Å². The van der Waals surface area contributed by atoms with Crippen LogP contribution in [0.5, 0.6) is 0 Å². The van der Waals surface area contributed by atoms with Gasteiger partial charge in [0.25, 0.3) is 5.56 Å². The van der Waals surface area contributed by atoms with E-state index in [0.717, 1.165) is 21.8 Å². The minimum absolute atomic E-state index is 0.217. The molecular formula is C24H14ClN5OS2. The summed E-state index contributed by atoms with van der Waals surface area (Å²) in [6, 6.07) is 21.2. The molecule has 160 valence electrons. The molecule has 0 saturated heterocycles. The molecule has 6 rings (SSSR count). The number of thiophene rings is 1. The lowest BCUT2D eigenvalue weighted by Gasteiger charge is -1.99. The number of rotatable bonds is 4. The van der Waals surface area contributed by atoms with E-state index in [0.29, 0.717) is 25.9 Å². The number of nitrogens with zero attached hydrogens (tertiary/aromatic N) is 5. The molecule has 0 bridgehead atoms. The van der Waals surface area contributed by atoms with Crippen molar-refractivity contribution in [2.75, 3.05) is 0 Å². The maximum absolute atomic E-state index is 13.1. The van der Waals surface area contributed by atoms with Gasteiger partial charge in [0, 0.05) is 17.3 Å². The molecule has 0 atom stereocenters. The summed E-state index contributed by atoms with van der Waals surface area (Å²) in [6.45, 7) is 0. The number of thiazole rings is 1. The number of hydrogen-bond donors (Lipinski definition) is 0. The molecule has 33 heavy (non-hydrogen) atoms. The average Bonchev–Trinajstić information content (AvgIpc) is 3.62. The molecule has 4 heterocycles. The van der Waals surface area contributed by atoms with Gasteiger partial charge < -0.3 is 0 Å². The maximum atomic E-state index is 13.1. The Morgan fingerprint density at radius 3 is 2.52 bits per heavy atom. The first kappa shape index (κ1) is 20.0. The summed E-state index contributed by atoms with van der Waals surface area (Å²) in [4.78, 5) is 19.2. The van der Waals surface area contributed by atoms with Gasteiger partial charge in [-0.3, -0.25) is 4.79 Å². The topological polar surface area (TPSA) is 65.1 Å². The molecule has 6 aromatic rings. The second-order valence-electron chi connectivity index (χ2n) is 7.22. The fourth-order valence-corrected chi connectivity index (χ4v) is 5.39. The highest BCUT2D eigenvalue weighted by molar-refractivity contribution is 7.15. The maximum Gasteiger partial charge on any atom is 0.291 e. The fraction of sp³-hybridized carbons (Fsp3) is 0. The molecule has 0 N–H and O–H groups in total. The molecule has 0 aliphatic heterocycles. The Balaban J connectivity index is 1.49. The molecule has 0 radical (unpaired) electrons. The van der Waals surface area contributed by atoms with Gasteiger partial charge in [-0.2, -0.15) is 14.6 Å². The van der Waals surface area contributed by atoms with Gasteiger partial charge in [0.1, 0.15) is 5.69 Å². The van der Waals surface area contributed by atoms with Gasteiger partial charge in [-0.05, 0) is 41.8 Å². The lowest BCUT2D eigenvalue weighted by molar-refractivity contribution is 0.885. The predicted molar refractivity (Wildman–Crippen MR) is 133 cm³/mol. The van der Waals surface area contributed by atoms with Crippen LogP contribution < -0.4 is 10.1 Å². The highest BCUT2D eigenvalue weighted by Gasteiger charge is 2.16. The van der Waals surface area contributed by atoms with Crippen molar-refractivity contribution < 1.29 is 0 Å². The number of benzene rings is 2. The van der Waals surface area contributed by atoms with E-state index in [9.17, 15) is 4.79 Å². The minimum Gasteiger partial charge on any atom is -0.266 e. The van der Waals surface area contributed by atoms with Gasteiger partial charge in [-0.1, -0.05) is 59.3 Å². The number of para-hydroxylation sites is 1. The van der Waals surface area contributed by atoms with Crippen LogP contribution in [0.4, 0.5) is 0 Å². The van der Waals surface area contributed by atoms with Crippen LogP contribution >= 0.6 is 34.3 Å². The Kier molecular flexibility index (Phi) is 4.91. The number of fused-ring (bicyclic) bond motifs is 1. The van der Waals surface area contributed by atoms with Crippen LogP contribution in [0, 0.1) is 0 Å². The van der Waals surface area contributed by atoms with Gasteiger partial charge in [0.2, 0.25) is 4.96 Å². The SMILES string of the molecule is O=c1c(=Cc2cn(-c3ccccc3)nc2-c2cccs2)sc2nc(-c3ccccc3Cl)nn12. The van der Waals surface area contributed by atoms with Gasteiger partial charge in [0.15, 0.2) is 5.82 Å². The van der Waals surface area contributed by atoms with E-state index in [1.807, 2.05) is 83.0 Å². The second-order valence-corrected chi connectivity index (χ2v) is 9.58. The van der Waals surface area contributed by atoms with Crippen LogP contribution in [0.1, 0.15) is 5.56 Å². The highest BCUT2D eigenvalue weighted by Crippen LogP contribution is 2.28. The third kappa shape index (κ3) is 3.58. The van der Waals surface area contributed by atoms with E-state index >= 15 is 0 Å². The number of hydrogen-bond acceptors (Lipinski definition) is 6. The zero-order chi connectivity index (χ0) is 22.4. The summed E-state index contributed by atoms with van der Waals surface area (Å²) in [7, 11) is 0. The summed E-state index contributed by atoms with van der Waals surface area (Å²) in [5.74, 6) is 0.437. The van der Waals surface area contributed by atoms with Crippen LogP contribution in [0.25, 0.3) is 38.7 Å². The third-order valence-electron chi connectivity index (χ3n) is 5.10. The predicted octanol–water partition coefficient (Wildman–Crippen LogP) is 4.93. The Labute approximate surface area is 200 Å². The summed E-state index contributed by atoms with van der Waals surface area (Å²) >= 11 is 9.18. The van der Waals surface area contributed by atoms with Crippen molar-refractivity contribution >= 4 is 45.3 Å². The molecule has 0 unspecified atom stereocenters.